The predicted molar refractivity (Wildman–Crippen MR) is 117 cm³/mol. The van der Waals surface area contributed by atoms with Crippen molar-refractivity contribution in [3.05, 3.63) is 53.6 Å². The number of hydrogen-bond acceptors (Lipinski definition) is 6. The van der Waals surface area contributed by atoms with E-state index in [0.717, 1.165) is 12.1 Å². The van der Waals surface area contributed by atoms with Crippen molar-refractivity contribution in [1.82, 2.24) is 10.2 Å². The SMILES string of the molecule is CC(C(=O)NCCN(C)C)N1C(=O)COc2ccc(C(=O)COc3ccc(F)c(F)c3)cc21. The van der Waals surface area contributed by atoms with Gasteiger partial charge in [-0.2, -0.15) is 0 Å². The van der Waals surface area contributed by atoms with E-state index in [1.165, 1.54) is 29.2 Å². The number of amides is 2. The normalized spacial score (nSPS) is 13.9. The molecule has 10 heteroatoms. The molecule has 0 spiro atoms. The molecule has 1 N–H and O–H groups in total. The van der Waals surface area contributed by atoms with Crippen molar-refractivity contribution >= 4 is 23.3 Å². The van der Waals surface area contributed by atoms with E-state index in [1.54, 1.807) is 6.92 Å². The van der Waals surface area contributed by atoms with Gasteiger partial charge in [0.25, 0.3) is 5.91 Å². The summed E-state index contributed by atoms with van der Waals surface area (Å²) in [7, 11) is 3.76. The third kappa shape index (κ3) is 5.83. The lowest BCUT2D eigenvalue weighted by Gasteiger charge is -2.33. The van der Waals surface area contributed by atoms with Crippen LogP contribution >= 0.6 is 0 Å². The van der Waals surface area contributed by atoms with E-state index < -0.39 is 36.0 Å². The summed E-state index contributed by atoms with van der Waals surface area (Å²) in [5.74, 6) is -2.95. The maximum absolute atomic E-state index is 13.3. The van der Waals surface area contributed by atoms with Gasteiger partial charge in [0.15, 0.2) is 30.6 Å². The van der Waals surface area contributed by atoms with E-state index in [-0.39, 0.29) is 23.8 Å². The largest absolute Gasteiger partial charge is 0.485 e. The average molecular weight is 461 g/mol. The summed E-state index contributed by atoms with van der Waals surface area (Å²) >= 11 is 0. The molecule has 3 rings (SSSR count). The zero-order valence-electron chi connectivity index (χ0n) is 18.6. The highest BCUT2D eigenvalue weighted by Gasteiger charge is 2.33. The van der Waals surface area contributed by atoms with Crippen LogP contribution in [0.2, 0.25) is 0 Å². The predicted octanol–water partition coefficient (Wildman–Crippen LogP) is 2.02. The fourth-order valence-electron chi connectivity index (χ4n) is 3.24. The van der Waals surface area contributed by atoms with Crippen molar-refractivity contribution in [3.63, 3.8) is 0 Å². The number of carbonyl (C=O) groups excluding carboxylic acids is 3. The molecule has 1 aliphatic heterocycles. The maximum atomic E-state index is 13.3. The zero-order valence-corrected chi connectivity index (χ0v) is 18.6. The molecule has 2 aromatic rings. The van der Waals surface area contributed by atoms with Crippen LogP contribution in [0, 0.1) is 11.6 Å². The van der Waals surface area contributed by atoms with Gasteiger partial charge in [-0.15, -0.1) is 0 Å². The third-order valence-corrected chi connectivity index (χ3v) is 5.05. The van der Waals surface area contributed by atoms with Gasteiger partial charge in [-0.05, 0) is 51.4 Å². The van der Waals surface area contributed by atoms with E-state index in [4.69, 9.17) is 9.47 Å². The van der Waals surface area contributed by atoms with Gasteiger partial charge in [0, 0.05) is 24.7 Å². The fraction of sp³-hybridized carbons (Fsp3) is 0.348. The molecule has 0 aliphatic carbocycles. The molecule has 33 heavy (non-hydrogen) atoms. The second-order valence-corrected chi connectivity index (χ2v) is 7.79. The molecule has 0 saturated carbocycles. The van der Waals surface area contributed by atoms with E-state index in [2.05, 4.69) is 5.32 Å². The van der Waals surface area contributed by atoms with E-state index in [0.29, 0.717) is 24.5 Å². The van der Waals surface area contributed by atoms with Gasteiger partial charge in [-0.1, -0.05) is 0 Å². The monoisotopic (exact) mass is 461 g/mol. The Hall–Kier alpha value is -3.53. The summed E-state index contributed by atoms with van der Waals surface area (Å²) in [6, 6.07) is 6.63. The first-order valence-electron chi connectivity index (χ1n) is 10.3. The Kier molecular flexibility index (Phi) is 7.59. The van der Waals surface area contributed by atoms with Crippen LogP contribution in [-0.4, -0.2) is 68.9 Å². The van der Waals surface area contributed by atoms with E-state index in [9.17, 15) is 23.2 Å². The van der Waals surface area contributed by atoms with Crippen molar-refractivity contribution in [1.29, 1.82) is 0 Å². The Morgan fingerprint density at radius 1 is 1.18 bits per heavy atom. The number of ketones is 1. The lowest BCUT2D eigenvalue weighted by atomic mass is 10.1. The molecule has 2 aromatic carbocycles. The smallest absolute Gasteiger partial charge is 0.265 e. The Balaban J connectivity index is 1.75. The number of fused-ring (bicyclic) bond motifs is 1. The second kappa shape index (κ2) is 10.4. The van der Waals surface area contributed by atoms with Crippen molar-refractivity contribution in [2.45, 2.75) is 13.0 Å². The zero-order chi connectivity index (χ0) is 24.1. The van der Waals surface area contributed by atoms with Crippen LogP contribution in [0.3, 0.4) is 0 Å². The molecule has 1 aliphatic rings. The molecule has 0 aromatic heterocycles. The summed E-state index contributed by atoms with van der Waals surface area (Å²) in [4.78, 5) is 41.0. The van der Waals surface area contributed by atoms with Gasteiger partial charge in [0.05, 0.1) is 5.69 Å². The first-order valence-corrected chi connectivity index (χ1v) is 10.3. The number of ether oxygens (including phenoxy) is 2. The first-order chi connectivity index (χ1) is 15.7. The standard InChI is InChI=1S/C23H25F2N3O5/c1-14(23(31)26-8-9-27(2)3)28-19-10-15(4-7-21(19)33-13-22(28)30)20(29)12-32-16-5-6-17(24)18(25)11-16/h4-7,10-11,14H,8-9,12-13H2,1-3H3,(H,26,31). The van der Waals surface area contributed by atoms with Gasteiger partial charge in [0.1, 0.15) is 17.5 Å². The molecule has 0 bridgehead atoms. The Bertz CT molecular complexity index is 1060. The van der Waals surface area contributed by atoms with Crippen LogP contribution in [0.25, 0.3) is 0 Å². The number of nitrogens with one attached hydrogen (secondary N) is 1. The van der Waals surface area contributed by atoms with Crippen LogP contribution in [-0.2, 0) is 9.59 Å². The van der Waals surface area contributed by atoms with Gasteiger partial charge < -0.3 is 19.7 Å². The molecular weight excluding hydrogens is 436 g/mol. The number of benzene rings is 2. The number of halogens is 2. The van der Waals surface area contributed by atoms with Gasteiger partial charge >= 0.3 is 0 Å². The van der Waals surface area contributed by atoms with Gasteiger partial charge in [0.2, 0.25) is 5.91 Å². The molecule has 1 atom stereocenters. The highest BCUT2D eigenvalue weighted by atomic mass is 19.2. The molecule has 0 fully saturated rings. The quantitative estimate of drug-likeness (QED) is 0.575. The minimum absolute atomic E-state index is 0.00312. The molecule has 1 heterocycles. The van der Waals surface area contributed by atoms with Gasteiger partial charge in [-0.25, -0.2) is 8.78 Å². The number of nitrogens with zero attached hydrogens (tertiary/aromatic N) is 2. The number of Topliss-reactive ketones (excluding diaryl/α,β-unsaturated/α-hetero) is 1. The minimum atomic E-state index is -1.09. The number of carbonyl (C=O) groups is 3. The number of rotatable bonds is 9. The van der Waals surface area contributed by atoms with Crippen LogP contribution in [0.15, 0.2) is 36.4 Å². The van der Waals surface area contributed by atoms with Crippen LogP contribution in [0.4, 0.5) is 14.5 Å². The Labute approximate surface area is 190 Å². The topological polar surface area (TPSA) is 88.2 Å². The fourth-order valence-corrected chi connectivity index (χ4v) is 3.24. The average Bonchev–Trinajstić information content (AvgIpc) is 2.78. The number of likely N-dealkylation sites (N-methyl/N-ethyl adjacent to an activating group) is 1. The van der Waals surface area contributed by atoms with Crippen molar-refractivity contribution < 1.29 is 32.6 Å². The van der Waals surface area contributed by atoms with Crippen LogP contribution in [0.1, 0.15) is 17.3 Å². The highest BCUT2D eigenvalue weighted by molar-refractivity contribution is 6.05. The van der Waals surface area contributed by atoms with Crippen molar-refractivity contribution in [2.24, 2.45) is 0 Å². The maximum Gasteiger partial charge on any atom is 0.265 e. The van der Waals surface area contributed by atoms with E-state index >= 15 is 0 Å². The summed E-state index contributed by atoms with van der Waals surface area (Å²) in [5.41, 5.74) is 0.500. The highest BCUT2D eigenvalue weighted by Crippen LogP contribution is 2.34. The second-order valence-electron chi connectivity index (χ2n) is 7.79. The molecule has 1 unspecified atom stereocenters. The summed E-state index contributed by atoms with van der Waals surface area (Å²) in [5, 5.41) is 2.79. The Morgan fingerprint density at radius 2 is 1.94 bits per heavy atom. The molecule has 8 nitrogen and oxygen atoms in total. The van der Waals surface area contributed by atoms with Gasteiger partial charge in [-0.3, -0.25) is 19.3 Å². The van der Waals surface area contributed by atoms with E-state index in [1.807, 2.05) is 19.0 Å². The molecule has 2 amide bonds. The molecular formula is C23H25F2N3O5. The molecule has 0 radical (unpaired) electrons. The lowest BCUT2D eigenvalue weighted by molar-refractivity contribution is -0.127. The number of anilines is 1. The van der Waals surface area contributed by atoms with Crippen molar-refractivity contribution in [3.8, 4) is 11.5 Å². The minimum Gasteiger partial charge on any atom is -0.485 e. The molecule has 0 saturated heterocycles. The Morgan fingerprint density at radius 3 is 2.64 bits per heavy atom. The lowest BCUT2D eigenvalue weighted by Crippen LogP contribution is -2.52. The van der Waals surface area contributed by atoms with Crippen LogP contribution < -0.4 is 19.7 Å². The summed E-state index contributed by atoms with van der Waals surface area (Å²) in [6.45, 7) is 2.00. The van der Waals surface area contributed by atoms with Crippen LogP contribution in [0.5, 0.6) is 11.5 Å². The number of hydrogen-bond donors (Lipinski definition) is 1. The first kappa shape index (κ1) is 24.1. The summed E-state index contributed by atoms with van der Waals surface area (Å²) < 4.78 is 37.1. The summed E-state index contributed by atoms with van der Waals surface area (Å²) in [6.07, 6.45) is 0. The molecule has 176 valence electrons. The van der Waals surface area contributed by atoms with Crippen molar-refractivity contribution in [2.75, 3.05) is 45.3 Å². The third-order valence-electron chi connectivity index (χ3n) is 5.05.